The van der Waals surface area contributed by atoms with Gasteiger partial charge in [0.25, 0.3) is 0 Å². The van der Waals surface area contributed by atoms with Crippen LogP contribution in [-0.2, 0) is 14.1 Å². The van der Waals surface area contributed by atoms with Crippen molar-refractivity contribution in [1.29, 1.82) is 0 Å². The summed E-state index contributed by atoms with van der Waals surface area (Å²) in [6.45, 7) is 11.7. The fourth-order valence-electron chi connectivity index (χ4n) is 2.91. The number of aromatic nitrogens is 1. The molecule has 142 valence electrons. The number of hydrogen-bond acceptors (Lipinski definition) is 5. The summed E-state index contributed by atoms with van der Waals surface area (Å²) >= 11 is 1.27. The fraction of sp³-hybridized carbons (Fsp3) is 0.429. The van der Waals surface area contributed by atoms with Gasteiger partial charge in [-0.3, -0.25) is 9.78 Å². The molecule has 1 aliphatic rings. The lowest BCUT2D eigenvalue weighted by molar-refractivity contribution is -0.109. The average Bonchev–Trinajstić information content (AvgIpc) is 2.79. The number of carbonyl (C=O) groups is 1. The van der Waals surface area contributed by atoms with Gasteiger partial charge in [0, 0.05) is 23.8 Å². The summed E-state index contributed by atoms with van der Waals surface area (Å²) in [7, 11) is -0.464. The Kier molecular flexibility index (Phi) is 5.53. The molecule has 0 spiro atoms. The van der Waals surface area contributed by atoms with E-state index in [1.807, 2.05) is 52.8 Å². The maximum absolute atomic E-state index is 11.5. The monoisotopic (exact) mass is 383 g/mol. The topological polar surface area (TPSA) is 48.4 Å². The van der Waals surface area contributed by atoms with E-state index >= 15 is 0 Å². The number of pyridine rings is 1. The first-order chi connectivity index (χ1) is 12.6. The van der Waals surface area contributed by atoms with Crippen molar-refractivity contribution in [3.05, 3.63) is 47.1 Å². The minimum atomic E-state index is -0.464. The van der Waals surface area contributed by atoms with E-state index in [1.165, 1.54) is 11.8 Å². The highest BCUT2D eigenvalue weighted by molar-refractivity contribution is 8.13. The summed E-state index contributed by atoms with van der Waals surface area (Å²) in [5.41, 5.74) is 3.14. The average molecular weight is 383 g/mol. The SMILES string of the molecule is CC(=O)SCC(=Cc1ccc2nc(C)ccc2c1)B1OC(C)(C)C(C)(C)O1. The highest BCUT2D eigenvalue weighted by Gasteiger charge is 2.52. The quantitative estimate of drug-likeness (QED) is 0.708. The third kappa shape index (κ3) is 4.45. The van der Waals surface area contributed by atoms with Crippen LogP contribution in [0.15, 0.2) is 35.8 Å². The number of nitrogens with zero attached hydrogens (tertiary/aromatic N) is 1. The number of rotatable bonds is 4. The Morgan fingerprint density at radius 3 is 2.44 bits per heavy atom. The molecule has 2 heterocycles. The van der Waals surface area contributed by atoms with Gasteiger partial charge in [-0.1, -0.05) is 30.0 Å². The summed E-state index contributed by atoms with van der Waals surface area (Å²) in [4.78, 5) is 16.1. The molecule has 0 bridgehead atoms. The largest absolute Gasteiger partial charge is 0.491 e. The van der Waals surface area contributed by atoms with Gasteiger partial charge in [-0.05, 0) is 63.9 Å². The molecule has 1 aliphatic heterocycles. The van der Waals surface area contributed by atoms with E-state index in [-0.39, 0.29) is 5.12 Å². The van der Waals surface area contributed by atoms with Crippen molar-refractivity contribution in [2.45, 2.75) is 52.7 Å². The number of benzene rings is 1. The van der Waals surface area contributed by atoms with Crippen LogP contribution in [0.1, 0.15) is 45.9 Å². The lowest BCUT2D eigenvalue weighted by Gasteiger charge is -2.32. The van der Waals surface area contributed by atoms with E-state index in [0.717, 1.165) is 27.6 Å². The maximum Gasteiger partial charge on any atom is 0.491 e. The zero-order chi connectivity index (χ0) is 19.8. The minimum Gasteiger partial charge on any atom is -0.400 e. The van der Waals surface area contributed by atoms with Gasteiger partial charge in [0.15, 0.2) is 5.12 Å². The van der Waals surface area contributed by atoms with Crippen molar-refractivity contribution in [3.8, 4) is 0 Å². The number of carbonyl (C=O) groups excluding carboxylic acids is 1. The molecule has 27 heavy (non-hydrogen) atoms. The lowest BCUT2D eigenvalue weighted by atomic mass is 9.78. The third-order valence-electron chi connectivity index (χ3n) is 5.20. The molecular weight excluding hydrogens is 357 g/mol. The molecule has 6 heteroatoms. The van der Waals surface area contributed by atoms with E-state index in [2.05, 4.69) is 23.2 Å². The predicted octanol–water partition coefficient (Wildman–Crippen LogP) is 4.84. The first-order valence-electron chi connectivity index (χ1n) is 9.14. The van der Waals surface area contributed by atoms with Gasteiger partial charge >= 0.3 is 7.12 Å². The van der Waals surface area contributed by atoms with Crippen LogP contribution in [0.25, 0.3) is 17.0 Å². The summed E-state index contributed by atoms with van der Waals surface area (Å²) in [5.74, 6) is 0.538. The summed E-state index contributed by atoms with van der Waals surface area (Å²) in [6, 6.07) is 10.3. The summed E-state index contributed by atoms with van der Waals surface area (Å²) in [6.07, 6.45) is 2.07. The van der Waals surface area contributed by atoms with Crippen LogP contribution >= 0.6 is 11.8 Å². The van der Waals surface area contributed by atoms with Crippen LogP contribution in [-0.4, -0.2) is 34.2 Å². The first kappa shape index (κ1) is 20.1. The van der Waals surface area contributed by atoms with Crippen molar-refractivity contribution >= 4 is 41.0 Å². The van der Waals surface area contributed by atoms with Crippen LogP contribution in [0, 0.1) is 6.92 Å². The molecule has 0 saturated carbocycles. The molecule has 1 aromatic heterocycles. The Morgan fingerprint density at radius 1 is 1.15 bits per heavy atom. The van der Waals surface area contributed by atoms with Crippen molar-refractivity contribution in [3.63, 3.8) is 0 Å². The molecule has 1 saturated heterocycles. The molecule has 0 atom stereocenters. The van der Waals surface area contributed by atoms with Gasteiger partial charge < -0.3 is 9.31 Å². The lowest BCUT2D eigenvalue weighted by Crippen LogP contribution is -2.41. The van der Waals surface area contributed by atoms with Crippen LogP contribution in [0.4, 0.5) is 0 Å². The number of thioether (sulfide) groups is 1. The molecule has 0 unspecified atom stereocenters. The van der Waals surface area contributed by atoms with Gasteiger partial charge in [-0.25, -0.2) is 0 Å². The molecule has 0 N–H and O–H groups in total. The molecule has 0 amide bonds. The first-order valence-corrected chi connectivity index (χ1v) is 10.1. The van der Waals surface area contributed by atoms with Crippen molar-refractivity contribution in [2.75, 3.05) is 5.75 Å². The second kappa shape index (κ2) is 7.42. The Bertz CT molecular complexity index is 891. The van der Waals surface area contributed by atoms with E-state index in [0.29, 0.717) is 5.75 Å². The second-order valence-electron chi connectivity index (χ2n) is 7.99. The highest BCUT2D eigenvalue weighted by atomic mass is 32.2. The predicted molar refractivity (Wildman–Crippen MR) is 114 cm³/mol. The van der Waals surface area contributed by atoms with Gasteiger partial charge in [-0.15, -0.1) is 0 Å². The van der Waals surface area contributed by atoms with Crippen LogP contribution in [0.3, 0.4) is 0 Å². The second-order valence-corrected chi connectivity index (χ2v) is 9.14. The Hall–Kier alpha value is -1.63. The van der Waals surface area contributed by atoms with Crippen molar-refractivity contribution in [2.24, 2.45) is 0 Å². The van der Waals surface area contributed by atoms with Crippen LogP contribution in [0.5, 0.6) is 0 Å². The molecule has 0 aliphatic carbocycles. The van der Waals surface area contributed by atoms with E-state index in [9.17, 15) is 4.79 Å². The number of hydrogen-bond donors (Lipinski definition) is 0. The Balaban J connectivity index is 1.95. The molecular formula is C21H26BNO3S. The zero-order valence-corrected chi connectivity index (χ0v) is 17.6. The van der Waals surface area contributed by atoms with Crippen LogP contribution < -0.4 is 0 Å². The summed E-state index contributed by atoms with van der Waals surface area (Å²) in [5, 5.41) is 1.16. The van der Waals surface area contributed by atoms with Gasteiger partial charge in [0.2, 0.25) is 0 Å². The van der Waals surface area contributed by atoms with Crippen molar-refractivity contribution < 1.29 is 14.1 Å². The maximum atomic E-state index is 11.5. The van der Waals surface area contributed by atoms with E-state index < -0.39 is 18.3 Å². The standard InChI is InChI=1S/C21H26BNO3S/c1-14-7-9-17-11-16(8-10-19(17)23-14)12-18(13-27-15(2)24)22-25-20(3,4)21(5,6)26-22/h7-12H,13H2,1-6H3. The molecule has 1 aromatic carbocycles. The van der Waals surface area contributed by atoms with Gasteiger partial charge in [0.1, 0.15) is 0 Å². The minimum absolute atomic E-state index is 0.0793. The number of aryl methyl sites for hydroxylation is 1. The zero-order valence-electron chi connectivity index (χ0n) is 16.8. The molecule has 1 fully saturated rings. The normalized spacial score (nSPS) is 18.9. The van der Waals surface area contributed by atoms with Gasteiger partial charge in [-0.2, -0.15) is 0 Å². The molecule has 2 aromatic rings. The molecule has 4 nitrogen and oxygen atoms in total. The van der Waals surface area contributed by atoms with Crippen molar-refractivity contribution in [1.82, 2.24) is 4.98 Å². The Labute approximate surface area is 165 Å². The van der Waals surface area contributed by atoms with Crippen LogP contribution in [0.2, 0.25) is 0 Å². The smallest absolute Gasteiger partial charge is 0.400 e. The van der Waals surface area contributed by atoms with E-state index in [1.54, 1.807) is 6.92 Å². The fourth-order valence-corrected chi connectivity index (χ4v) is 3.50. The highest BCUT2D eigenvalue weighted by Crippen LogP contribution is 2.39. The Morgan fingerprint density at radius 2 is 1.81 bits per heavy atom. The molecule has 0 radical (unpaired) electrons. The summed E-state index contributed by atoms with van der Waals surface area (Å²) < 4.78 is 12.4. The van der Waals surface area contributed by atoms with E-state index in [4.69, 9.17) is 9.31 Å². The molecule has 3 rings (SSSR count). The van der Waals surface area contributed by atoms with Gasteiger partial charge in [0.05, 0.1) is 16.7 Å². The third-order valence-corrected chi connectivity index (χ3v) is 6.09. The number of fused-ring (bicyclic) bond motifs is 1.